The van der Waals surface area contributed by atoms with E-state index < -0.39 is 0 Å². The fraction of sp³-hybridized carbons (Fsp3) is 0.318. The van der Waals surface area contributed by atoms with Crippen LogP contribution in [-0.4, -0.2) is 27.7 Å². The van der Waals surface area contributed by atoms with Gasteiger partial charge < -0.3 is 0 Å². The number of amides is 3. The second-order valence-corrected chi connectivity index (χ2v) is 7.78. The van der Waals surface area contributed by atoms with E-state index in [1.54, 1.807) is 24.3 Å². The second kappa shape index (κ2) is 7.76. The molecule has 4 rings (SSSR count). The standard InChI is InChI=1S/C22H21ClN2O3/c23-17-12-10-16(11-13-17)20(26)24(14-15-6-2-1-3-7-15)25-21(27)18-8-4-5-9-19(18)22(25)28/h1-3,6-7,10-13,18-19H,4-5,8-9,14H2/t18-,19+. The molecule has 1 aliphatic carbocycles. The molecule has 1 heterocycles. The molecule has 2 aromatic carbocycles. The fourth-order valence-electron chi connectivity index (χ4n) is 4.11. The molecule has 0 bridgehead atoms. The van der Waals surface area contributed by atoms with Gasteiger partial charge in [-0.2, -0.15) is 5.01 Å². The minimum absolute atomic E-state index is 0.152. The van der Waals surface area contributed by atoms with E-state index in [-0.39, 0.29) is 36.1 Å². The summed E-state index contributed by atoms with van der Waals surface area (Å²) in [4.78, 5) is 39.4. The highest BCUT2D eigenvalue weighted by Crippen LogP contribution is 2.39. The fourth-order valence-corrected chi connectivity index (χ4v) is 4.24. The Kier molecular flexibility index (Phi) is 5.18. The first kappa shape index (κ1) is 18.7. The molecule has 0 spiro atoms. The molecule has 6 heteroatoms. The molecule has 2 fully saturated rings. The lowest BCUT2D eigenvalue weighted by atomic mass is 9.81. The van der Waals surface area contributed by atoms with Gasteiger partial charge in [0.25, 0.3) is 17.7 Å². The molecular formula is C22H21ClN2O3. The van der Waals surface area contributed by atoms with E-state index >= 15 is 0 Å². The Morgan fingerprint density at radius 3 is 2.07 bits per heavy atom. The highest BCUT2D eigenvalue weighted by molar-refractivity contribution is 6.30. The number of fused-ring (bicyclic) bond motifs is 1. The lowest BCUT2D eigenvalue weighted by molar-refractivity contribution is -0.155. The van der Waals surface area contributed by atoms with Crippen molar-refractivity contribution in [1.29, 1.82) is 0 Å². The first-order valence-electron chi connectivity index (χ1n) is 9.55. The summed E-state index contributed by atoms with van der Waals surface area (Å²) >= 11 is 5.94. The molecular weight excluding hydrogens is 376 g/mol. The summed E-state index contributed by atoms with van der Waals surface area (Å²) in [7, 11) is 0. The molecule has 28 heavy (non-hydrogen) atoms. The summed E-state index contributed by atoms with van der Waals surface area (Å²) in [5, 5.41) is 2.91. The highest BCUT2D eigenvalue weighted by Gasteiger charge is 2.51. The van der Waals surface area contributed by atoms with Crippen LogP contribution in [0.5, 0.6) is 0 Å². The molecule has 5 nitrogen and oxygen atoms in total. The van der Waals surface area contributed by atoms with Gasteiger partial charge in [-0.3, -0.25) is 14.4 Å². The van der Waals surface area contributed by atoms with Gasteiger partial charge in [0.2, 0.25) is 0 Å². The Morgan fingerprint density at radius 1 is 0.929 bits per heavy atom. The van der Waals surface area contributed by atoms with Crippen LogP contribution < -0.4 is 0 Å². The minimum atomic E-state index is -0.388. The maximum Gasteiger partial charge on any atom is 0.273 e. The lowest BCUT2D eigenvalue weighted by Gasteiger charge is -2.30. The van der Waals surface area contributed by atoms with E-state index in [0.717, 1.165) is 23.4 Å². The Labute approximate surface area is 168 Å². The van der Waals surface area contributed by atoms with Gasteiger partial charge in [-0.05, 0) is 42.7 Å². The smallest absolute Gasteiger partial charge is 0.272 e. The topological polar surface area (TPSA) is 57.7 Å². The number of halogens is 1. The summed E-state index contributed by atoms with van der Waals surface area (Å²) in [6.45, 7) is 0.152. The predicted octanol–water partition coefficient (Wildman–Crippen LogP) is 4.07. The SMILES string of the molecule is O=C(c1ccc(Cl)cc1)N(Cc1ccccc1)N1C(=O)[C@H]2CCCC[C@H]2C1=O. The van der Waals surface area contributed by atoms with Crippen molar-refractivity contribution in [3.8, 4) is 0 Å². The van der Waals surface area contributed by atoms with Crippen LogP contribution in [0.1, 0.15) is 41.6 Å². The first-order valence-corrected chi connectivity index (χ1v) is 9.93. The van der Waals surface area contributed by atoms with Crippen LogP contribution >= 0.6 is 11.6 Å². The third kappa shape index (κ3) is 3.42. The third-order valence-electron chi connectivity index (χ3n) is 5.56. The minimum Gasteiger partial charge on any atom is -0.272 e. The number of hydrazine groups is 1. The molecule has 1 saturated heterocycles. The van der Waals surface area contributed by atoms with E-state index in [0.29, 0.717) is 23.4 Å². The third-order valence-corrected chi connectivity index (χ3v) is 5.81. The van der Waals surface area contributed by atoms with Crippen LogP contribution in [0, 0.1) is 11.8 Å². The van der Waals surface area contributed by atoms with Gasteiger partial charge in [0.15, 0.2) is 0 Å². The van der Waals surface area contributed by atoms with E-state index in [1.165, 1.54) is 5.01 Å². The molecule has 1 aliphatic heterocycles. The lowest BCUT2D eigenvalue weighted by Crippen LogP contribution is -2.49. The number of carbonyl (C=O) groups excluding carboxylic acids is 3. The van der Waals surface area contributed by atoms with Gasteiger partial charge in [-0.15, -0.1) is 0 Å². The highest BCUT2D eigenvalue weighted by atomic mass is 35.5. The van der Waals surface area contributed by atoms with Crippen molar-refractivity contribution in [3.63, 3.8) is 0 Å². The van der Waals surface area contributed by atoms with Crippen LogP contribution in [0.3, 0.4) is 0 Å². The molecule has 144 valence electrons. The number of hydrogen-bond acceptors (Lipinski definition) is 3. The normalized spacial score (nSPS) is 21.5. The maximum atomic E-state index is 13.3. The van der Waals surface area contributed by atoms with E-state index in [2.05, 4.69) is 0 Å². The molecule has 0 radical (unpaired) electrons. The van der Waals surface area contributed by atoms with Gasteiger partial charge in [0.05, 0.1) is 18.4 Å². The first-order chi connectivity index (χ1) is 13.6. The molecule has 2 aliphatic rings. The van der Waals surface area contributed by atoms with E-state index in [9.17, 15) is 14.4 Å². The van der Waals surface area contributed by atoms with E-state index in [4.69, 9.17) is 11.6 Å². The average molecular weight is 397 g/mol. The monoisotopic (exact) mass is 396 g/mol. The zero-order valence-electron chi connectivity index (χ0n) is 15.4. The van der Waals surface area contributed by atoms with Gasteiger partial charge in [0.1, 0.15) is 0 Å². The molecule has 2 aromatic rings. The van der Waals surface area contributed by atoms with Crippen LogP contribution in [0.15, 0.2) is 54.6 Å². The molecule has 1 saturated carbocycles. The number of imide groups is 1. The zero-order valence-corrected chi connectivity index (χ0v) is 16.1. The molecule has 2 atom stereocenters. The summed E-state index contributed by atoms with van der Waals surface area (Å²) in [6.07, 6.45) is 3.30. The van der Waals surface area contributed by atoms with Crippen molar-refractivity contribution in [3.05, 3.63) is 70.7 Å². The van der Waals surface area contributed by atoms with Crippen molar-refractivity contribution >= 4 is 29.3 Å². The summed E-state index contributed by atoms with van der Waals surface area (Å²) in [6, 6.07) is 15.9. The zero-order chi connectivity index (χ0) is 19.7. The molecule has 0 N–H and O–H groups in total. The van der Waals surface area contributed by atoms with Crippen LogP contribution in [0.2, 0.25) is 5.02 Å². The van der Waals surface area contributed by atoms with Crippen LogP contribution in [0.4, 0.5) is 0 Å². The maximum absolute atomic E-state index is 13.3. The Bertz CT molecular complexity index is 874. The average Bonchev–Trinajstić information content (AvgIpc) is 2.98. The van der Waals surface area contributed by atoms with Crippen molar-refractivity contribution in [2.24, 2.45) is 11.8 Å². The quantitative estimate of drug-likeness (QED) is 0.732. The van der Waals surface area contributed by atoms with Gasteiger partial charge in [-0.25, -0.2) is 5.01 Å². The van der Waals surface area contributed by atoms with Gasteiger partial charge in [0, 0.05) is 10.6 Å². The summed E-state index contributed by atoms with van der Waals surface area (Å²) in [5.41, 5.74) is 1.23. The van der Waals surface area contributed by atoms with Gasteiger partial charge in [-0.1, -0.05) is 54.8 Å². The summed E-state index contributed by atoms with van der Waals surface area (Å²) < 4.78 is 0. The second-order valence-electron chi connectivity index (χ2n) is 7.34. The van der Waals surface area contributed by atoms with Crippen molar-refractivity contribution in [2.75, 3.05) is 0 Å². The summed E-state index contributed by atoms with van der Waals surface area (Å²) in [5.74, 6) is -1.52. The van der Waals surface area contributed by atoms with Gasteiger partial charge >= 0.3 is 0 Å². The molecule has 0 unspecified atom stereocenters. The Morgan fingerprint density at radius 2 is 1.50 bits per heavy atom. The van der Waals surface area contributed by atoms with Crippen molar-refractivity contribution in [2.45, 2.75) is 32.2 Å². The van der Waals surface area contributed by atoms with Crippen LogP contribution in [0.25, 0.3) is 0 Å². The molecule has 3 amide bonds. The van der Waals surface area contributed by atoms with E-state index in [1.807, 2.05) is 30.3 Å². The number of nitrogens with zero attached hydrogens (tertiary/aromatic N) is 2. The number of rotatable bonds is 4. The molecule has 0 aromatic heterocycles. The largest absolute Gasteiger partial charge is 0.273 e. The Hall–Kier alpha value is -2.66. The van der Waals surface area contributed by atoms with Crippen molar-refractivity contribution < 1.29 is 14.4 Å². The Balaban J connectivity index is 1.70. The number of carbonyl (C=O) groups is 3. The van der Waals surface area contributed by atoms with Crippen LogP contribution in [-0.2, 0) is 16.1 Å². The predicted molar refractivity (Wildman–Crippen MR) is 105 cm³/mol. The number of hydrogen-bond donors (Lipinski definition) is 0. The van der Waals surface area contributed by atoms with Crippen molar-refractivity contribution in [1.82, 2.24) is 10.0 Å². The number of benzene rings is 2.